The number of likely N-dealkylation sites (N-methyl/N-ethyl adjacent to an activating group) is 1. The molecule has 5 heteroatoms. The predicted molar refractivity (Wildman–Crippen MR) is 75.3 cm³/mol. The first-order valence-corrected chi connectivity index (χ1v) is 6.91. The maximum atomic E-state index is 12.2. The van der Waals surface area contributed by atoms with E-state index < -0.39 is 0 Å². The SMILES string of the molecule is CCN(CCOC)C(=O)c1cc(Br)cc(Br)c1. The number of rotatable bonds is 5. The second-order valence-electron chi connectivity index (χ2n) is 3.54. The maximum Gasteiger partial charge on any atom is 0.254 e. The molecule has 3 nitrogen and oxygen atoms in total. The van der Waals surface area contributed by atoms with Crippen LogP contribution in [-0.2, 0) is 4.74 Å². The number of hydrogen-bond donors (Lipinski definition) is 0. The number of carbonyl (C=O) groups excluding carboxylic acids is 1. The third kappa shape index (κ3) is 4.41. The standard InChI is InChI=1S/C12H15Br2NO2/c1-3-15(4-5-17-2)12(16)9-6-10(13)8-11(14)7-9/h6-8H,3-5H2,1-2H3. The third-order valence-corrected chi connectivity index (χ3v) is 3.26. The fraction of sp³-hybridized carbons (Fsp3) is 0.417. The fourth-order valence-electron chi connectivity index (χ4n) is 1.46. The van der Waals surface area contributed by atoms with Crippen LogP contribution in [0.15, 0.2) is 27.1 Å². The first kappa shape index (κ1) is 14.7. The molecule has 0 saturated heterocycles. The lowest BCUT2D eigenvalue weighted by Crippen LogP contribution is -2.33. The highest BCUT2D eigenvalue weighted by Gasteiger charge is 2.14. The van der Waals surface area contributed by atoms with Crippen molar-refractivity contribution in [2.75, 3.05) is 26.8 Å². The van der Waals surface area contributed by atoms with E-state index in [4.69, 9.17) is 4.74 Å². The molecule has 17 heavy (non-hydrogen) atoms. The summed E-state index contributed by atoms with van der Waals surface area (Å²) in [6, 6.07) is 5.55. The highest BCUT2D eigenvalue weighted by Crippen LogP contribution is 2.21. The Morgan fingerprint density at radius 2 is 1.88 bits per heavy atom. The van der Waals surface area contributed by atoms with E-state index in [0.29, 0.717) is 25.3 Å². The molecule has 1 rings (SSSR count). The molecule has 1 aromatic carbocycles. The minimum atomic E-state index is 0.0200. The van der Waals surface area contributed by atoms with Crippen molar-refractivity contribution < 1.29 is 9.53 Å². The molecule has 0 N–H and O–H groups in total. The molecule has 0 aliphatic rings. The fourth-order valence-corrected chi connectivity index (χ4v) is 2.76. The van der Waals surface area contributed by atoms with Gasteiger partial charge in [-0.2, -0.15) is 0 Å². The number of carbonyl (C=O) groups is 1. The van der Waals surface area contributed by atoms with Gasteiger partial charge >= 0.3 is 0 Å². The van der Waals surface area contributed by atoms with Crippen LogP contribution in [-0.4, -0.2) is 37.6 Å². The van der Waals surface area contributed by atoms with E-state index in [1.54, 1.807) is 12.0 Å². The summed E-state index contributed by atoms with van der Waals surface area (Å²) in [4.78, 5) is 14.0. The molecular formula is C12H15Br2NO2. The average Bonchev–Trinajstić information content (AvgIpc) is 2.28. The van der Waals surface area contributed by atoms with Gasteiger partial charge in [0.05, 0.1) is 6.61 Å². The van der Waals surface area contributed by atoms with Gasteiger partial charge in [0.15, 0.2) is 0 Å². The molecule has 0 heterocycles. The van der Waals surface area contributed by atoms with E-state index in [1.807, 2.05) is 25.1 Å². The molecule has 0 unspecified atom stereocenters. The topological polar surface area (TPSA) is 29.5 Å². The number of halogens is 2. The molecule has 1 aromatic rings. The van der Waals surface area contributed by atoms with Gasteiger partial charge in [-0.1, -0.05) is 31.9 Å². The molecule has 0 spiro atoms. The molecule has 0 aromatic heterocycles. The Hall–Kier alpha value is -0.390. The Labute approximate surface area is 118 Å². The van der Waals surface area contributed by atoms with Gasteiger partial charge in [-0.15, -0.1) is 0 Å². The summed E-state index contributed by atoms with van der Waals surface area (Å²) >= 11 is 6.76. The zero-order valence-corrected chi connectivity index (χ0v) is 13.0. The highest BCUT2D eigenvalue weighted by molar-refractivity contribution is 9.11. The number of benzene rings is 1. The van der Waals surface area contributed by atoms with E-state index in [2.05, 4.69) is 31.9 Å². The third-order valence-electron chi connectivity index (χ3n) is 2.34. The van der Waals surface area contributed by atoms with Crippen LogP contribution < -0.4 is 0 Å². The van der Waals surface area contributed by atoms with E-state index in [1.165, 1.54) is 0 Å². The van der Waals surface area contributed by atoms with Crippen LogP contribution in [0, 0.1) is 0 Å². The van der Waals surface area contributed by atoms with Crippen molar-refractivity contribution in [3.63, 3.8) is 0 Å². The van der Waals surface area contributed by atoms with Gasteiger partial charge in [0.2, 0.25) is 0 Å². The second kappa shape index (κ2) is 7.13. The molecule has 0 radical (unpaired) electrons. The minimum absolute atomic E-state index is 0.0200. The van der Waals surface area contributed by atoms with Crippen LogP contribution in [0.25, 0.3) is 0 Å². The minimum Gasteiger partial charge on any atom is -0.383 e. The normalized spacial score (nSPS) is 10.4. The zero-order chi connectivity index (χ0) is 12.8. The maximum absolute atomic E-state index is 12.2. The van der Waals surface area contributed by atoms with E-state index in [-0.39, 0.29) is 5.91 Å². The number of amides is 1. The van der Waals surface area contributed by atoms with Gasteiger partial charge in [-0.05, 0) is 25.1 Å². The predicted octanol–water partition coefficient (Wildman–Crippen LogP) is 3.32. The van der Waals surface area contributed by atoms with Crippen molar-refractivity contribution in [3.8, 4) is 0 Å². The molecule has 0 saturated carbocycles. The van der Waals surface area contributed by atoms with Gasteiger partial charge in [-0.25, -0.2) is 0 Å². The van der Waals surface area contributed by atoms with E-state index in [0.717, 1.165) is 8.95 Å². The highest BCUT2D eigenvalue weighted by atomic mass is 79.9. The van der Waals surface area contributed by atoms with Crippen molar-refractivity contribution in [1.29, 1.82) is 0 Å². The Balaban J connectivity index is 2.85. The lowest BCUT2D eigenvalue weighted by molar-refractivity contribution is 0.0706. The smallest absolute Gasteiger partial charge is 0.254 e. The van der Waals surface area contributed by atoms with Crippen molar-refractivity contribution in [2.45, 2.75) is 6.92 Å². The van der Waals surface area contributed by atoms with Crippen molar-refractivity contribution in [2.24, 2.45) is 0 Å². The molecule has 0 atom stereocenters. The molecule has 1 amide bonds. The van der Waals surface area contributed by atoms with Gasteiger partial charge < -0.3 is 9.64 Å². The van der Waals surface area contributed by atoms with Crippen LogP contribution in [0.1, 0.15) is 17.3 Å². The monoisotopic (exact) mass is 363 g/mol. The van der Waals surface area contributed by atoms with Crippen molar-refractivity contribution in [3.05, 3.63) is 32.7 Å². The van der Waals surface area contributed by atoms with Crippen molar-refractivity contribution >= 4 is 37.8 Å². The van der Waals surface area contributed by atoms with Crippen molar-refractivity contribution in [1.82, 2.24) is 4.90 Å². The molecule has 0 fully saturated rings. The van der Waals surface area contributed by atoms with Crippen LogP contribution >= 0.6 is 31.9 Å². The van der Waals surface area contributed by atoms with Gasteiger partial charge in [0, 0.05) is 34.7 Å². The lowest BCUT2D eigenvalue weighted by atomic mass is 10.2. The Morgan fingerprint density at radius 3 is 2.35 bits per heavy atom. The van der Waals surface area contributed by atoms with Crippen LogP contribution in [0.2, 0.25) is 0 Å². The Bertz CT molecular complexity index is 376. The van der Waals surface area contributed by atoms with Gasteiger partial charge in [0.1, 0.15) is 0 Å². The summed E-state index contributed by atoms with van der Waals surface area (Å²) in [6.45, 7) is 3.79. The zero-order valence-electron chi connectivity index (χ0n) is 9.87. The quantitative estimate of drug-likeness (QED) is 0.802. The first-order valence-electron chi connectivity index (χ1n) is 5.32. The molecule has 0 bridgehead atoms. The molecular weight excluding hydrogens is 350 g/mol. The van der Waals surface area contributed by atoms with Crippen LogP contribution in [0.5, 0.6) is 0 Å². The number of hydrogen-bond acceptors (Lipinski definition) is 2. The lowest BCUT2D eigenvalue weighted by Gasteiger charge is -2.20. The summed E-state index contributed by atoms with van der Waals surface area (Å²) in [5.41, 5.74) is 0.671. The largest absolute Gasteiger partial charge is 0.383 e. The Kier molecular flexibility index (Phi) is 6.16. The summed E-state index contributed by atoms with van der Waals surface area (Å²) in [7, 11) is 1.63. The van der Waals surface area contributed by atoms with E-state index in [9.17, 15) is 4.79 Å². The van der Waals surface area contributed by atoms with E-state index >= 15 is 0 Å². The number of methoxy groups -OCH3 is 1. The molecule has 94 valence electrons. The summed E-state index contributed by atoms with van der Waals surface area (Å²) in [6.07, 6.45) is 0. The number of ether oxygens (including phenoxy) is 1. The summed E-state index contributed by atoms with van der Waals surface area (Å²) in [5, 5.41) is 0. The van der Waals surface area contributed by atoms with Gasteiger partial charge in [-0.3, -0.25) is 4.79 Å². The second-order valence-corrected chi connectivity index (χ2v) is 5.37. The van der Waals surface area contributed by atoms with Crippen LogP contribution in [0.3, 0.4) is 0 Å². The Morgan fingerprint density at radius 1 is 1.29 bits per heavy atom. The summed E-state index contributed by atoms with van der Waals surface area (Å²) < 4.78 is 6.77. The number of nitrogens with zero attached hydrogens (tertiary/aromatic N) is 1. The molecule has 0 aliphatic heterocycles. The average molecular weight is 365 g/mol. The first-order chi connectivity index (χ1) is 8.08. The van der Waals surface area contributed by atoms with Gasteiger partial charge in [0.25, 0.3) is 5.91 Å². The molecule has 0 aliphatic carbocycles. The van der Waals surface area contributed by atoms with Crippen LogP contribution in [0.4, 0.5) is 0 Å². The summed E-state index contributed by atoms with van der Waals surface area (Å²) in [5.74, 6) is 0.0200.